The molecule has 1 fully saturated rings. The Morgan fingerprint density at radius 1 is 1.32 bits per heavy atom. The van der Waals surface area contributed by atoms with Gasteiger partial charge in [0.2, 0.25) is 0 Å². The Balaban J connectivity index is 1.66. The van der Waals surface area contributed by atoms with Crippen LogP contribution in [0.3, 0.4) is 0 Å². The van der Waals surface area contributed by atoms with Crippen molar-refractivity contribution in [3.8, 4) is 5.75 Å². The molecule has 1 aromatic rings. The van der Waals surface area contributed by atoms with Crippen LogP contribution in [0.2, 0.25) is 0 Å². The second kappa shape index (κ2) is 8.76. The zero-order valence-corrected chi connectivity index (χ0v) is 13.1. The maximum atomic E-state index is 11.7. The number of benzene rings is 1. The summed E-state index contributed by atoms with van der Waals surface area (Å²) in [5, 5.41) is 10.1. The van der Waals surface area contributed by atoms with E-state index in [0.717, 1.165) is 31.7 Å². The van der Waals surface area contributed by atoms with Crippen LogP contribution in [0.25, 0.3) is 0 Å². The maximum absolute atomic E-state index is 11.7. The summed E-state index contributed by atoms with van der Waals surface area (Å²) in [5.74, 6) is 0.687. The number of carbonyl (C=O) groups excluding carboxylic acids is 1. The normalized spacial score (nSPS) is 17.9. The maximum Gasteiger partial charge on any atom is 0.309 e. The molecule has 0 radical (unpaired) electrons. The molecule has 22 heavy (non-hydrogen) atoms. The summed E-state index contributed by atoms with van der Waals surface area (Å²) in [5.41, 5.74) is 0. The van der Waals surface area contributed by atoms with Crippen LogP contribution in [-0.2, 0) is 9.53 Å². The van der Waals surface area contributed by atoms with Gasteiger partial charge in [-0.05, 0) is 45.0 Å². The highest BCUT2D eigenvalue weighted by Crippen LogP contribution is 2.19. The van der Waals surface area contributed by atoms with Crippen LogP contribution in [0.5, 0.6) is 5.75 Å². The van der Waals surface area contributed by atoms with E-state index in [4.69, 9.17) is 9.47 Å². The van der Waals surface area contributed by atoms with Gasteiger partial charge in [0.1, 0.15) is 18.5 Å². The number of rotatable bonds is 7. The van der Waals surface area contributed by atoms with Gasteiger partial charge in [0, 0.05) is 6.54 Å². The van der Waals surface area contributed by atoms with Crippen molar-refractivity contribution in [1.29, 1.82) is 0 Å². The van der Waals surface area contributed by atoms with Crippen LogP contribution in [0, 0.1) is 5.92 Å². The number of esters is 1. The lowest BCUT2D eigenvalue weighted by atomic mass is 9.97. The van der Waals surface area contributed by atoms with E-state index in [1.807, 2.05) is 37.3 Å². The molecule has 1 unspecified atom stereocenters. The Hall–Kier alpha value is -1.59. The highest BCUT2D eigenvalue weighted by molar-refractivity contribution is 5.72. The van der Waals surface area contributed by atoms with Crippen molar-refractivity contribution in [2.24, 2.45) is 5.92 Å². The SMILES string of the molecule is CCOC(=O)C1CCN(CC(O)COc2ccccc2)CC1. The van der Waals surface area contributed by atoms with Gasteiger partial charge in [-0.2, -0.15) is 0 Å². The van der Waals surface area contributed by atoms with Gasteiger partial charge in [0.15, 0.2) is 0 Å². The number of hydrogen-bond donors (Lipinski definition) is 1. The van der Waals surface area contributed by atoms with Gasteiger partial charge in [-0.25, -0.2) is 0 Å². The van der Waals surface area contributed by atoms with E-state index >= 15 is 0 Å². The molecule has 5 heteroatoms. The topological polar surface area (TPSA) is 59.0 Å². The molecule has 1 aliphatic heterocycles. The summed E-state index contributed by atoms with van der Waals surface area (Å²) >= 11 is 0. The molecule has 1 aliphatic rings. The molecule has 2 rings (SSSR count). The molecule has 1 N–H and O–H groups in total. The smallest absolute Gasteiger partial charge is 0.309 e. The summed E-state index contributed by atoms with van der Waals surface area (Å²) < 4.78 is 10.6. The second-order valence-electron chi connectivity index (χ2n) is 5.60. The fraction of sp³-hybridized carbons (Fsp3) is 0.588. The lowest BCUT2D eigenvalue weighted by Crippen LogP contribution is -2.42. The van der Waals surface area contributed by atoms with E-state index in [1.54, 1.807) is 0 Å². The zero-order chi connectivity index (χ0) is 15.8. The average Bonchev–Trinajstić information content (AvgIpc) is 2.55. The minimum atomic E-state index is -0.528. The molecule has 1 saturated heterocycles. The molecular formula is C17H25NO4. The molecule has 0 bridgehead atoms. The number of aliphatic hydroxyl groups is 1. The highest BCUT2D eigenvalue weighted by Gasteiger charge is 2.26. The average molecular weight is 307 g/mol. The van der Waals surface area contributed by atoms with Crippen LogP contribution in [0.4, 0.5) is 0 Å². The Morgan fingerprint density at radius 3 is 2.64 bits per heavy atom. The number of carbonyl (C=O) groups is 1. The molecule has 122 valence electrons. The Morgan fingerprint density at radius 2 is 2.00 bits per heavy atom. The number of hydrogen-bond acceptors (Lipinski definition) is 5. The van der Waals surface area contributed by atoms with Crippen LogP contribution in [0.15, 0.2) is 30.3 Å². The first-order valence-corrected chi connectivity index (χ1v) is 7.94. The lowest BCUT2D eigenvalue weighted by molar-refractivity contribution is -0.149. The summed E-state index contributed by atoms with van der Waals surface area (Å²) in [6.45, 7) is 4.74. The van der Waals surface area contributed by atoms with Crippen LogP contribution in [-0.4, -0.2) is 54.9 Å². The molecular weight excluding hydrogens is 282 g/mol. The number of likely N-dealkylation sites (tertiary alicyclic amines) is 1. The third-order valence-corrected chi connectivity index (χ3v) is 3.86. The van der Waals surface area contributed by atoms with Gasteiger partial charge in [-0.1, -0.05) is 18.2 Å². The molecule has 0 spiro atoms. The third kappa shape index (κ3) is 5.31. The first-order chi connectivity index (χ1) is 10.7. The first kappa shape index (κ1) is 16.8. The van der Waals surface area contributed by atoms with Crippen molar-refractivity contribution in [3.05, 3.63) is 30.3 Å². The molecule has 1 atom stereocenters. The number of nitrogens with zero attached hydrogens (tertiary/aromatic N) is 1. The van der Waals surface area contributed by atoms with Crippen LogP contribution in [0.1, 0.15) is 19.8 Å². The van der Waals surface area contributed by atoms with Crippen LogP contribution < -0.4 is 4.74 Å². The number of para-hydroxylation sites is 1. The molecule has 1 heterocycles. The van der Waals surface area contributed by atoms with Crippen molar-refractivity contribution in [1.82, 2.24) is 4.90 Å². The number of aliphatic hydroxyl groups excluding tert-OH is 1. The highest BCUT2D eigenvalue weighted by atomic mass is 16.5. The molecule has 5 nitrogen and oxygen atoms in total. The van der Waals surface area contributed by atoms with Gasteiger partial charge in [-0.15, -0.1) is 0 Å². The van der Waals surface area contributed by atoms with Crippen molar-refractivity contribution >= 4 is 5.97 Å². The van der Waals surface area contributed by atoms with Gasteiger partial charge < -0.3 is 19.5 Å². The fourth-order valence-electron chi connectivity index (χ4n) is 2.67. The Kier molecular flexibility index (Phi) is 6.68. The quantitative estimate of drug-likeness (QED) is 0.777. The largest absolute Gasteiger partial charge is 0.491 e. The van der Waals surface area contributed by atoms with Gasteiger partial charge in [-0.3, -0.25) is 4.79 Å². The predicted octanol–water partition coefficient (Wildman–Crippen LogP) is 1.70. The Labute approximate surface area is 131 Å². The van der Waals surface area contributed by atoms with E-state index in [-0.39, 0.29) is 18.5 Å². The molecule has 0 saturated carbocycles. The lowest BCUT2D eigenvalue weighted by Gasteiger charge is -2.32. The van der Waals surface area contributed by atoms with E-state index in [1.165, 1.54) is 0 Å². The summed E-state index contributed by atoms with van der Waals surface area (Å²) in [4.78, 5) is 13.9. The van der Waals surface area contributed by atoms with Gasteiger partial charge >= 0.3 is 5.97 Å². The third-order valence-electron chi connectivity index (χ3n) is 3.86. The summed E-state index contributed by atoms with van der Waals surface area (Å²) in [7, 11) is 0. The van der Waals surface area contributed by atoms with Gasteiger partial charge in [0.25, 0.3) is 0 Å². The van der Waals surface area contributed by atoms with Crippen molar-refractivity contribution < 1.29 is 19.4 Å². The minimum absolute atomic E-state index is 0.00825. The van der Waals surface area contributed by atoms with E-state index in [0.29, 0.717) is 13.2 Å². The number of piperidine rings is 1. The standard InChI is InChI=1S/C17H25NO4/c1-2-21-17(20)14-8-10-18(11-9-14)12-15(19)13-22-16-6-4-3-5-7-16/h3-7,14-15,19H,2,8-13H2,1H3. The Bertz CT molecular complexity index is 443. The fourth-order valence-corrected chi connectivity index (χ4v) is 2.67. The van der Waals surface area contributed by atoms with Crippen molar-refractivity contribution in [2.45, 2.75) is 25.9 Å². The van der Waals surface area contributed by atoms with Crippen molar-refractivity contribution in [2.75, 3.05) is 32.8 Å². The second-order valence-corrected chi connectivity index (χ2v) is 5.60. The first-order valence-electron chi connectivity index (χ1n) is 7.94. The molecule has 0 amide bonds. The number of β-amino-alcohol motifs (C(OH)–C–C–N with tert-alkyl or cyclic N) is 1. The number of ether oxygens (including phenoxy) is 2. The van der Waals surface area contributed by atoms with Crippen LogP contribution >= 0.6 is 0 Å². The van der Waals surface area contributed by atoms with E-state index < -0.39 is 6.10 Å². The summed E-state index contributed by atoms with van der Waals surface area (Å²) in [6.07, 6.45) is 1.07. The molecule has 0 aliphatic carbocycles. The minimum Gasteiger partial charge on any atom is -0.491 e. The summed E-state index contributed by atoms with van der Waals surface area (Å²) in [6, 6.07) is 9.48. The predicted molar refractivity (Wildman–Crippen MR) is 83.7 cm³/mol. The van der Waals surface area contributed by atoms with Crippen molar-refractivity contribution in [3.63, 3.8) is 0 Å². The van der Waals surface area contributed by atoms with Gasteiger partial charge in [0.05, 0.1) is 12.5 Å². The zero-order valence-electron chi connectivity index (χ0n) is 13.1. The van der Waals surface area contributed by atoms with E-state index in [2.05, 4.69) is 4.90 Å². The molecule has 0 aromatic heterocycles. The van der Waals surface area contributed by atoms with E-state index in [9.17, 15) is 9.90 Å². The monoisotopic (exact) mass is 307 g/mol. The molecule has 1 aromatic carbocycles.